The molecule has 1 heterocycles. The van der Waals surface area contributed by atoms with Crippen LogP contribution in [0.2, 0.25) is 0 Å². The number of amides is 1. The molecule has 0 radical (unpaired) electrons. The Morgan fingerprint density at radius 2 is 1.92 bits per heavy atom. The van der Waals surface area contributed by atoms with Gasteiger partial charge in [-0.05, 0) is 61.5 Å². The van der Waals surface area contributed by atoms with Crippen LogP contribution in [0.4, 0.5) is 0 Å². The Balaban J connectivity index is 1.78. The van der Waals surface area contributed by atoms with Gasteiger partial charge in [0.25, 0.3) is 5.91 Å². The van der Waals surface area contributed by atoms with Gasteiger partial charge in [0.05, 0.1) is 19.0 Å². The Hall–Kier alpha value is -2.86. The highest BCUT2D eigenvalue weighted by Gasteiger charge is 2.07. The van der Waals surface area contributed by atoms with Crippen molar-refractivity contribution in [3.63, 3.8) is 0 Å². The molecule has 0 unspecified atom stereocenters. The largest absolute Gasteiger partial charge is 0.497 e. The van der Waals surface area contributed by atoms with E-state index in [-0.39, 0.29) is 5.91 Å². The molecule has 5 nitrogen and oxygen atoms in total. The lowest BCUT2D eigenvalue weighted by atomic mass is 10.2. The van der Waals surface area contributed by atoms with Crippen molar-refractivity contribution in [1.29, 1.82) is 0 Å². The van der Waals surface area contributed by atoms with E-state index in [9.17, 15) is 4.79 Å². The molecule has 3 aromatic rings. The number of nitrogens with zero attached hydrogens (tertiary/aromatic N) is 2. The molecule has 6 heteroatoms. The fourth-order valence-electron chi connectivity index (χ4n) is 2.59. The molecular weight excluding hydrogens is 394 g/mol. The molecule has 2 aromatic carbocycles. The number of ether oxygens (including phenoxy) is 1. The summed E-state index contributed by atoms with van der Waals surface area (Å²) in [4.78, 5) is 12.2. The van der Waals surface area contributed by atoms with E-state index in [4.69, 9.17) is 4.74 Å². The lowest BCUT2D eigenvalue weighted by Gasteiger charge is -2.10. The molecule has 0 aliphatic rings. The lowest BCUT2D eigenvalue weighted by molar-refractivity contribution is 0.0955. The first-order valence-electron chi connectivity index (χ1n) is 8.00. The Morgan fingerprint density at radius 3 is 2.62 bits per heavy atom. The number of nitrogens with one attached hydrogen (secondary N) is 1. The zero-order valence-electron chi connectivity index (χ0n) is 14.4. The van der Waals surface area contributed by atoms with Crippen molar-refractivity contribution >= 4 is 28.1 Å². The van der Waals surface area contributed by atoms with Gasteiger partial charge in [0, 0.05) is 21.4 Å². The maximum atomic E-state index is 12.2. The van der Waals surface area contributed by atoms with E-state index in [2.05, 4.69) is 26.5 Å². The number of carbonyl (C=O) groups is 1. The van der Waals surface area contributed by atoms with Crippen molar-refractivity contribution in [3.05, 3.63) is 82.1 Å². The van der Waals surface area contributed by atoms with Gasteiger partial charge in [-0.15, -0.1) is 0 Å². The molecule has 0 saturated heterocycles. The van der Waals surface area contributed by atoms with Crippen LogP contribution in [-0.4, -0.2) is 23.8 Å². The first-order valence-corrected chi connectivity index (χ1v) is 8.79. The van der Waals surface area contributed by atoms with Crippen LogP contribution in [0.1, 0.15) is 21.7 Å². The topological polar surface area (TPSA) is 55.6 Å². The number of benzene rings is 2. The molecule has 0 aliphatic heterocycles. The maximum Gasteiger partial charge on any atom is 0.271 e. The van der Waals surface area contributed by atoms with E-state index in [1.165, 1.54) is 0 Å². The maximum absolute atomic E-state index is 12.2. The number of hydrazone groups is 1. The third-order valence-electron chi connectivity index (χ3n) is 3.89. The molecular formula is C20H18BrN3O2. The van der Waals surface area contributed by atoms with Gasteiger partial charge in [-0.3, -0.25) is 4.79 Å². The van der Waals surface area contributed by atoms with E-state index in [0.717, 1.165) is 27.3 Å². The number of halogens is 1. The Bertz CT molecular complexity index is 946. The Morgan fingerprint density at radius 1 is 1.15 bits per heavy atom. The van der Waals surface area contributed by atoms with Gasteiger partial charge in [0.15, 0.2) is 0 Å². The summed E-state index contributed by atoms with van der Waals surface area (Å²) >= 11 is 3.35. The van der Waals surface area contributed by atoms with Gasteiger partial charge >= 0.3 is 0 Å². The quantitative estimate of drug-likeness (QED) is 0.501. The molecule has 0 saturated carbocycles. The molecule has 0 fully saturated rings. The van der Waals surface area contributed by atoms with Crippen LogP contribution in [0.25, 0.3) is 5.69 Å². The SMILES string of the molecule is COc1ccc(-n2c(C)ccc2/C=N/NC(=O)c2cccc(Br)c2)cc1. The summed E-state index contributed by atoms with van der Waals surface area (Å²) in [5.41, 5.74) is 6.02. The predicted octanol–water partition coefficient (Wildman–Crippen LogP) is 4.32. The second-order valence-corrected chi connectivity index (χ2v) is 6.56. The smallest absolute Gasteiger partial charge is 0.271 e. The fourth-order valence-corrected chi connectivity index (χ4v) is 2.99. The van der Waals surface area contributed by atoms with E-state index >= 15 is 0 Å². The Labute approximate surface area is 160 Å². The van der Waals surface area contributed by atoms with Crippen molar-refractivity contribution in [3.8, 4) is 11.4 Å². The number of hydrogen-bond donors (Lipinski definition) is 1. The number of rotatable bonds is 5. The van der Waals surface area contributed by atoms with E-state index in [1.807, 2.05) is 54.0 Å². The second-order valence-electron chi connectivity index (χ2n) is 5.64. The molecule has 0 atom stereocenters. The minimum Gasteiger partial charge on any atom is -0.497 e. The minimum atomic E-state index is -0.262. The van der Waals surface area contributed by atoms with Crippen molar-refractivity contribution in [2.24, 2.45) is 5.10 Å². The van der Waals surface area contributed by atoms with Crippen LogP contribution in [0.15, 0.2) is 70.2 Å². The van der Waals surface area contributed by atoms with Gasteiger partial charge in [0.2, 0.25) is 0 Å². The number of aromatic nitrogens is 1. The average Bonchev–Trinajstić information content (AvgIpc) is 3.02. The molecule has 0 aliphatic carbocycles. The van der Waals surface area contributed by atoms with Crippen LogP contribution in [-0.2, 0) is 0 Å². The fraction of sp³-hybridized carbons (Fsp3) is 0.100. The van der Waals surface area contributed by atoms with Crippen molar-refractivity contribution in [1.82, 2.24) is 9.99 Å². The molecule has 132 valence electrons. The van der Waals surface area contributed by atoms with E-state index < -0.39 is 0 Å². The summed E-state index contributed by atoms with van der Waals surface area (Å²) < 4.78 is 8.10. The molecule has 1 aromatic heterocycles. The first-order chi connectivity index (χ1) is 12.6. The van der Waals surface area contributed by atoms with E-state index in [0.29, 0.717) is 5.56 Å². The van der Waals surface area contributed by atoms with Crippen molar-refractivity contribution < 1.29 is 9.53 Å². The van der Waals surface area contributed by atoms with Crippen LogP contribution in [0.3, 0.4) is 0 Å². The first kappa shape index (κ1) is 17.9. The minimum absolute atomic E-state index is 0.262. The summed E-state index contributed by atoms with van der Waals surface area (Å²) in [6.07, 6.45) is 1.63. The zero-order chi connectivity index (χ0) is 18.5. The summed E-state index contributed by atoms with van der Waals surface area (Å²) in [6.45, 7) is 2.02. The molecule has 1 N–H and O–H groups in total. The normalized spacial score (nSPS) is 10.9. The number of carbonyl (C=O) groups excluding carboxylic acids is 1. The lowest BCUT2D eigenvalue weighted by Crippen LogP contribution is -2.17. The van der Waals surface area contributed by atoms with E-state index in [1.54, 1.807) is 31.5 Å². The van der Waals surface area contributed by atoms with Gasteiger partial charge < -0.3 is 9.30 Å². The van der Waals surface area contributed by atoms with Crippen LogP contribution in [0.5, 0.6) is 5.75 Å². The molecule has 1 amide bonds. The monoisotopic (exact) mass is 411 g/mol. The van der Waals surface area contributed by atoms with Gasteiger partial charge in [0.1, 0.15) is 5.75 Å². The summed E-state index contributed by atoms with van der Waals surface area (Å²) in [6, 6.07) is 18.9. The van der Waals surface area contributed by atoms with Crippen LogP contribution in [0, 0.1) is 6.92 Å². The van der Waals surface area contributed by atoms with Crippen molar-refractivity contribution in [2.75, 3.05) is 7.11 Å². The highest BCUT2D eigenvalue weighted by molar-refractivity contribution is 9.10. The van der Waals surface area contributed by atoms with Gasteiger partial charge in [-0.25, -0.2) is 5.43 Å². The zero-order valence-corrected chi connectivity index (χ0v) is 16.0. The summed E-state index contributed by atoms with van der Waals surface area (Å²) in [5, 5.41) is 4.10. The standard InChI is InChI=1S/C20H18BrN3O2/c1-14-6-7-18(24(14)17-8-10-19(26-2)11-9-17)13-22-23-20(25)15-4-3-5-16(21)12-15/h3-13H,1-2H3,(H,23,25)/b22-13+. The second kappa shape index (κ2) is 8.01. The molecule has 3 rings (SSSR count). The highest BCUT2D eigenvalue weighted by atomic mass is 79.9. The van der Waals surface area contributed by atoms with Gasteiger partial charge in [-0.2, -0.15) is 5.10 Å². The Kier molecular flexibility index (Phi) is 5.53. The number of aryl methyl sites for hydroxylation is 1. The summed E-state index contributed by atoms with van der Waals surface area (Å²) in [7, 11) is 1.64. The molecule has 26 heavy (non-hydrogen) atoms. The molecule has 0 bridgehead atoms. The average molecular weight is 412 g/mol. The van der Waals surface area contributed by atoms with Gasteiger partial charge in [-0.1, -0.05) is 22.0 Å². The predicted molar refractivity (Wildman–Crippen MR) is 106 cm³/mol. The van der Waals surface area contributed by atoms with Crippen LogP contribution < -0.4 is 10.2 Å². The number of methoxy groups -OCH3 is 1. The van der Waals surface area contributed by atoms with Crippen molar-refractivity contribution in [2.45, 2.75) is 6.92 Å². The summed E-state index contributed by atoms with van der Waals surface area (Å²) in [5.74, 6) is 0.539. The third-order valence-corrected chi connectivity index (χ3v) is 4.38. The van der Waals surface area contributed by atoms with Crippen LogP contribution >= 0.6 is 15.9 Å². The number of hydrogen-bond acceptors (Lipinski definition) is 3. The highest BCUT2D eigenvalue weighted by Crippen LogP contribution is 2.19. The third kappa shape index (κ3) is 4.03. The molecule has 0 spiro atoms.